The molecule has 3 aromatic rings. The molecule has 0 atom stereocenters. The Hall–Kier alpha value is -3.59. The normalized spacial score (nSPS) is 11.0. The van der Waals surface area contributed by atoms with Crippen molar-refractivity contribution < 1.29 is 27.1 Å². The number of hydrogen-bond donors (Lipinski definition) is 2. The molecule has 0 spiro atoms. The van der Waals surface area contributed by atoms with E-state index >= 15 is 0 Å². The predicted octanol–water partition coefficient (Wildman–Crippen LogP) is 3.62. The van der Waals surface area contributed by atoms with Gasteiger partial charge in [0.05, 0.1) is 19.1 Å². The minimum absolute atomic E-state index is 0.0747. The molecule has 1 amide bonds. The highest BCUT2D eigenvalue weighted by Crippen LogP contribution is 2.27. The van der Waals surface area contributed by atoms with Crippen LogP contribution in [0.5, 0.6) is 11.5 Å². The Labute approximate surface area is 186 Å². The highest BCUT2D eigenvalue weighted by atomic mass is 32.2. The maximum absolute atomic E-state index is 13.0. The first-order chi connectivity index (χ1) is 15.3. The third kappa shape index (κ3) is 5.76. The van der Waals surface area contributed by atoms with Gasteiger partial charge in [-0.3, -0.25) is 9.52 Å². The Morgan fingerprint density at radius 1 is 0.938 bits per heavy atom. The van der Waals surface area contributed by atoms with Gasteiger partial charge in [-0.15, -0.1) is 0 Å². The van der Waals surface area contributed by atoms with Gasteiger partial charge in [-0.2, -0.15) is 0 Å². The molecule has 3 aromatic carbocycles. The molecule has 0 aromatic heterocycles. The predicted molar refractivity (Wildman–Crippen MR) is 119 cm³/mol. The topological polar surface area (TPSA) is 93.7 Å². The SMILES string of the molecule is COc1ccc(CCNC(=O)c2cccc(S(=O)(=O)Nc3ccc(F)cc3)c2)cc1OC. The number of rotatable bonds is 9. The molecule has 0 fully saturated rings. The van der Waals surface area contributed by atoms with E-state index in [0.717, 1.165) is 17.7 Å². The average Bonchev–Trinajstić information content (AvgIpc) is 2.80. The Bertz CT molecular complexity index is 1200. The maximum Gasteiger partial charge on any atom is 0.261 e. The largest absolute Gasteiger partial charge is 0.493 e. The fourth-order valence-corrected chi connectivity index (χ4v) is 4.10. The molecule has 0 aliphatic rings. The van der Waals surface area contributed by atoms with E-state index in [1.807, 2.05) is 12.1 Å². The average molecular weight is 459 g/mol. The smallest absolute Gasteiger partial charge is 0.261 e. The van der Waals surface area contributed by atoms with E-state index in [1.54, 1.807) is 20.3 Å². The van der Waals surface area contributed by atoms with Crippen molar-refractivity contribution in [3.05, 3.63) is 83.7 Å². The van der Waals surface area contributed by atoms with Crippen molar-refractivity contribution in [3.8, 4) is 11.5 Å². The Balaban J connectivity index is 1.64. The number of halogens is 1. The van der Waals surface area contributed by atoms with Crippen LogP contribution in [0.2, 0.25) is 0 Å². The minimum Gasteiger partial charge on any atom is -0.493 e. The molecule has 0 aliphatic carbocycles. The standard InChI is InChI=1S/C23H23FN2O5S/c1-30-21-11-6-16(14-22(21)31-2)12-13-25-23(27)17-4-3-5-20(15-17)32(28,29)26-19-9-7-18(24)8-10-19/h3-11,14-15,26H,12-13H2,1-2H3,(H,25,27). The highest BCUT2D eigenvalue weighted by molar-refractivity contribution is 7.92. The second-order valence-electron chi connectivity index (χ2n) is 6.84. The third-order valence-electron chi connectivity index (χ3n) is 4.65. The molecule has 0 heterocycles. The fourth-order valence-electron chi connectivity index (χ4n) is 3.00. The van der Waals surface area contributed by atoms with E-state index in [1.165, 1.54) is 36.4 Å². The van der Waals surface area contributed by atoms with Crippen LogP contribution < -0.4 is 19.5 Å². The lowest BCUT2D eigenvalue weighted by molar-refractivity contribution is 0.0954. The van der Waals surface area contributed by atoms with E-state index in [0.29, 0.717) is 24.5 Å². The van der Waals surface area contributed by atoms with Crippen molar-refractivity contribution in [3.63, 3.8) is 0 Å². The van der Waals surface area contributed by atoms with Crippen molar-refractivity contribution in [2.45, 2.75) is 11.3 Å². The molecule has 0 saturated heterocycles. The molecule has 7 nitrogen and oxygen atoms in total. The molecule has 2 N–H and O–H groups in total. The Kier molecular flexibility index (Phi) is 7.32. The third-order valence-corrected chi connectivity index (χ3v) is 6.03. The number of carbonyl (C=O) groups is 1. The number of amides is 1. The summed E-state index contributed by atoms with van der Waals surface area (Å²) in [5, 5.41) is 2.78. The van der Waals surface area contributed by atoms with Crippen LogP contribution in [0.15, 0.2) is 71.6 Å². The van der Waals surface area contributed by atoms with E-state index in [-0.39, 0.29) is 16.1 Å². The minimum atomic E-state index is -3.94. The van der Waals surface area contributed by atoms with Crippen LogP contribution in [0.3, 0.4) is 0 Å². The number of sulfonamides is 1. The van der Waals surface area contributed by atoms with Crippen molar-refractivity contribution in [2.75, 3.05) is 25.5 Å². The number of methoxy groups -OCH3 is 2. The van der Waals surface area contributed by atoms with Crippen LogP contribution in [0.1, 0.15) is 15.9 Å². The summed E-state index contributed by atoms with van der Waals surface area (Å²) in [7, 11) is -0.830. The summed E-state index contributed by atoms with van der Waals surface area (Å²) >= 11 is 0. The number of carbonyl (C=O) groups excluding carboxylic acids is 1. The molecular weight excluding hydrogens is 435 g/mol. The monoisotopic (exact) mass is 458 g/mol. The molecule has 0 unspecified atom stereocenters. The van der Waals surface area contributed by atoms with Crippen molar-refractivity contribution in [1.82, 2.24) is 5.32 Å². The van der Waals surface area contributed by atoms with E-state index < -0.39 is 21.7 Å². The lowest BCUT2D eigenvalue weighted by Crippen LogP contribution is -2.26. The van der Waals surface area contributed by atoms with E-state index in [4.69, 9.17) is 9.47 Å². The summed E-state index contributed by atoms with van der Waals surface area (Å²) in [5.41, 5.74) is 1.37. The van der Waals surface area contributed by atoms with E-state index in [9.17, 15) is 17.6 Å². The Morgan fingerprint density at radius 2 is 1.66 bits per heavy atom. The van der Waals surface area contributed by atoms with Gasteiger partial charge in [0.15, 0.2) is 11.5 Å². The van der Waals surface area contributed by atoms with Gasteiger partial charge in [0.25, 0.3) is 15.9 Å². The number of benzene rings is 3. The highest BCUT2D eigenvalue weighted by Gasteiger charge is 2.16. The molecule has 0 bridgehead atoms. The van der Waals surface area contributed by atoms with Gasteiger partial charge in [0.1, 0.15) is 5.82 Å². The lowest BCUT2D eigenvalue weighted by Gasteiger charge is -2.11. The first-order valence-electron chi connectivity index (χ1n) is 9.70. The zero-order valence-electron chi connectivity index (χ0n) is 17.6. The summed E-state index contributed by atoms with van der Waals surface area (Å²) in [6, 6.07) is 16.1. The van der Waals surface area contributed by atoms with Crippen molar-refractivity contribution in [2.24, 2.45) is 0 Å². The van der Waals surface area contributed by atoms with Gasteiger partial charge < -0.3 is 14.8 Å². The Morgan fingerprint density at radius 3 is 2.34 bits per heavy atom. The molecule has 0 radical (unpaired) electrons. The molecule has 168 valence electrons. The van der Waals surface area contributed by atoms with Crippen LogP contribution in [0, 0.1) is 5.82 Å². The number of nitrogens with one attached hydrogen (secondary N) is 2. The number of anilines is 1. The number of hydrogen-bond acceptors (Lipinski definition) is 5. The van der Waals surface area contributed by atoms with Gasteiger partial charge >= 0.3 is 0 Å². The van der Waals surface area contributed by atoms with Gasteiger partial charge in [-0.05, 0) is 66.6 Å². The van der Waals surface area contributed by atoms with Gasteiger partial charge in [0.2, 0.25) is 0 Å². The summed E-state index contributed by atoms with van der Waals surface area (Å²) < 4.78 is 51.1. The maximum atomic E-state index is 13.0. The van der Waals surface area contributed by atoms with Crippen LogP contribution in [0.25, 0.3) is 0 Å². The molecular formula is C23H23FN2O5S. The summed E-state index contributed by atoms with van der Waals surface area (Å²) in [6.07, 6.45) is 0.552. The summed E-state index contributed by atoms with van der Waals surface area (Å²) in [4.78, 5) is 12.4. The van der Waals surface area contributed by atoms with E-state index in [2.05, 4.69) is 10.0 Å². The lowest BCUT2D eigenvalue weighted by atomic mass is 10.1. The molecule has 3 rings (SSSR count). The van der Waals surface area contributed by atoms with Gasteiger partial charge in [-0.1, -0.05) is 12.1 Å². The molecule has 0 aliphatic heterocycles. The first kappa shape index (κ1) is 23.1. The second kappa shape index (κ2) is 10.1. The number of ether oxygens (including phenoxy) is 2. The van der Waals surface area contributed by atoms with Crippen molar-refractivity contribution >= 4 is 21.6 Å². The molecule has 9 heteroatoms. The van der Waals surface area contributed by atoms with Crippen LogP contribution in [-0.4, -0.2) is 35.1 Å². The quantitative estimate of drug-likeness (QED) is 0.511. The van der Waals surface area contributed by atoms with Gasteiger partial charge in [0, 0.05) is 17.8 Å². The van der Waals surface area contributed by atoms with Crippen molar-refractivity contribution in [1.29, 1.82) is 0 Å². The zero-order valence-corrected chi connectivity index (χ0v) is 18.4. The first-order valence-corrected chi connectivity index (χ1v) is 11.2. The fraction of sp³-hybridized carbons (Fsp3) is 0.174. The summed E-state index contributed by atoms with van der Waals surface area (Å²) in [5.74, 6) is 0.347. The molecule has 0 saturated carbocycles. The second-order valence-corrected chi connectivity index (χ2v) is 8.52. The summed E-state index contributed by atoms with van der Waals surface area (Å²) in [6.45, 7) is 0.346. The van der Waals surface area contributed by atoms with Crippen LogP contribution in [-0.2, 0) is 16.4 Å². The zero-order chi connectivity index (χ0) is 23.1. The van der Waals surface area contributed by atoms with Crippen LogP contribution >= 0.6 is 0 Å². The van der Waals surface area contributed by atoms with Gasteiger partial charge in [-0.25, -0.2) is 12.8 Å². The van der Waals surface area contributed by atoms with Crippen LogP contribution in [0.4, 0.5) is 10.1 Å². The molecule has 32 heavy (non-hydrogen) atoms.